The second-order valence-corrected chi connectivity index (χ2v) is 14.9. The largest absolute Gasteiger partial charge is 0.624 e. The monoisotopic (exact) mass is 719 g/mol. The summed E-state index contributed by atoms with van der Waals surface area (Å²) in [6, 6.07) is 75.0. The lowest BCUT2D eigenvalue weighted by molar-refractivity contribution is 0.316. The van der Waals surface area contributed by atoms with Crippen molar-refractivity contribution in [1.29, 1.82) is 0 Å². The van der Waals surface area contributed by atoms with Crippen LogP contribution in [0.4, 0.5) is 0 Å². The van der Waals surface area contributed by atoms with E-state index in [1.807, 2.05) is 0 Å². The van der Waals surface area contributed by atoms with Gasteiger partial charge in [0.25, 0.3) is 0 Å². The van der Waals surface area contributed by atoms with Crippen LogP contribution in [-0.2, 0) is 5.41 Å². The quantitative estimate of drug-likeness (QED) is 0.180. The summed E-state index contributed by atoms with van der Waals surface area (Å²) < 4.78 is 2.45. The van der Waals surface area contributed by atoms with Crippen molar-refractivity contribution in [3.05, 3.63) is 251 Å². The molecule has 8 aromatic carbocycles. The molecule has 2 aliphatic rings. The van der Waals surface area contributed by atoms with E-state index in [1.165, 1.54) is 55.2 Å². The van der Waals surface area contributed by atoms with Gasteiger partial charge in [-0.1, -0.05) is 199 Å². The molecule has 0 radical (unpaired) electrons. The number of hydrogen-bond acceptors (Lipinski definition) is 2. The van der Waals surface area contributed by atoms with Gasteiger partial charge in [-0.25, -0.2) is 0 Å². The van der Waals surface area contributed by atoms with E-state index in [0.717, 1.165) is 22.4 Å². The summed E-state index contributed by atoms with van der Waals surface area (Å²) in [5, 5.41) is 15.3. The van der Waals surface area contributed by atoms with Crippen LogP contribution in [0.25, 0.3) is 43.9 Å². The van der Waals surface area contributed by atoms with Gasteiger partial charge >= 0.3 is 0 Å². The average molecular weight is 720 g/mol. The third kappa shape index (κ3) is 5.11. The SMILES string of the molecule is c1ccc(C2[N-]C(c3ccccc3)NC(c3ccc(-n4c5ccccc5c5cc6c(cc54)C(c4ccccc4)(c4ccccc4)c4ccccc4-6)cc3)N2)cc1. The van der Waals surface area contributed by atoms with Crippen LogP contribution in [0.1, 0.15) is 57.4 Å². The molecule has 1 aromatic heterocycles. The van der Waals surface area contributed by atoms with E-state index in [-0.39, 0.29) is 18.5 Å². The van der Waals surface area contributed by atoms with Gasteiger partial charge < -0.3 is 20.5 Å². The maximum absolute atomic E-state index is 5.20. The molecule has 11 rings (SSSR count). The van der Waals surface area contributed by atoms with E-state index in [9.17, 15) is 0 Å². The topological polar surface area (TPSA) is 43.1 Å². The number of rotatable bonds is 6. The van der Waals surface area contributed by atoms with E-state index in [1.54, 1.807) is 0 Å². The van der Waals surface area contributed by atoms with Gasteiger partial charge in [0, 0.05) is 16.5 Å². The summed E-state index contributed by atoms with van der Waals surface area (Å²) >= 11 is 0. The first kappa shape index (κ1) is 32.8. The molecule has 9 aromatic rings. The third-order valence-electron chi connectivity index (χ3n) is 11.9. The maximum atomic E-state index is 5.20. The van der Waals surface area contributed by atoms with Crippen molar-refractivity contribution in [1.82, 2.24) is 15.2 Å². The van der Waals surface area contributed by atoms with Gasteiger partial charge in [0.05, 0.1) is 22.6 Å². The first-order chi connectivity index (χ1) is 27.8. The molecule has 268 valence electrons. The van der Waals surface area contributed by atoms with Gasteiger partial charge in [0.15, 0.2) is 0 Å². The third-order valence-corrected chi connectivity index (χ3v) is 11.9. The highest BCUT2D eigenvalue weighted by atomic mass is 15.4. The molecule has 1 aliphatic heterocycles. The Bertz CT molecular complexity index is 2740. The van der Waals surface area contributed by atoms with Crippen molar-refractivity contribution in [3.63, 3.8) is 0 Å². The summed E-state index contributed by atoms with van der Waals surface area (Å²) in [7, 11) is 0. The number of aromatic nitrogens is 1. The molecular formula is C52H39N4-. The Hall–Kier alpha value is -6.56. The molecule has 1 fully saturated rings. The van der Waals surface area contributed by atoms with E-state index in [2.05, 4.69) is 221 Å². The number of benzene rings is 8. The van der Waals surface area contributed by atoms with Crippen molar-refractivity contribution in [2.24, 2.45) is 0 Å². The van der Waals surface area contributed by atoms with Crippen molar-refractivity contribution in [2.75, 3.05) is 0 Å². The first-order valence-electron chi connectivity index (χ1n) is 19.5. The zero-order chi connectivity index (χ0) is 37.1. The molecule has 2 unspecified atom stereocenters. The Labute approximate surface area is 327 Å². The van der Waals surface area contributed by atoms with E-state index < -0.39 is 5.41 Å². The molecule has 4 heteroatoms. The smallest absolute Gasteiger partial charge is 0.0814 e. The van der Waals surface area contributed by atoms with Gasteiger partial charge in [-0.2, -0.15) is 0 Å². The first-order valence-corrected chi connectivity index (χ1v) is 19.5. The van der Waals surface area contributed by atoms with Crippen LogP contribution >= 0.6 is 0 Å². The highest BCUT2D eigenvalue weighted by Gasteiger charge is 2.46. The zero-order valence-corrected chi connectivity index (χ0v) is 30.8. The minimum Gasteiger partial charge on any atom is -0.624 e. The van der Waals surface area contributed by atoms with Crippen LogP contribution in [0.15, 0.2) is 206 Å². The highest BCUT2D eigenvalue weighted by Crippen LogP contribution is 2.57. The van der Waals surface area contributed by atoms with Gasteiger partial charge in [-0.15, -0.1) is 0 Å². The fourth-order valence-corrected chi connectivity index (χ4v) is 9.42. The maximum Gasteiger partial charge on any atom is 0.0814 e. The molecular weight excluding hydrogens is 681 g/mol. The normalized spacial score (nSPS) is 18.5. The Balaban J connectivity index is 1.07. The molecule has 4 nitrogen and oxygen atoms in total. The fraction of sp³-hybridized carbons (Fsp3) is 0.0769. The number of nitrogens with one attached hydrogen (secondary N) is 2. The molecule has 1 aliphatic carbocycles. The van der Waals surface area contributed by atoms with Crippen LogP contribution < -0.4 is 10.6 Å². The van der Waals surface area contributed by atoms with Crippen molar-refractivity contribution < 1.29 is 0 Å². The summed E-state index contributed by atoms with van der Waals surface area (Å²) in [5.41, 5.74) is 14.3. The summed E-state index contributed by atoms with van der Waals surface area (Å²) in [4.78, 5) is 0. The predicted octanol–water partition coefficient (Wildman–Crippen LogP) is 12.1. The van der Waals surface area contributed by atoms with Gasteiger partial charge in [0.2, 0.25) is 0 Å². The van der Waals surface area contributed by atoms with Crippen LogP contribution in [0.5, 0.6) is 0 Å². The van der Waals surface area contributed by atoms with Crippen LogP contribution in [-0.4, -0.2) is 4.57 Å². The minimum absolute atomic E-state index is 0.103. The Kier molecular flexibility index (Phi) is 7.81. The molecule has 2 N–H and O–H groups in total. The highest BCUT2D eigenvalue weighted by molar-refractivity contribution is 6.12. The number of hydrogen-bond donors (Lipinski definition) is 2. The Morgan fingerprint density at radius 3 is 1.57 bits per heavy atom. The summed E-state index contributed by atoms with van der Waals surface area (Å²) in [6.07, 6.45) is -0.398. The lowest BCUT2D eigenvalue weighted by Crippen LogP contribution is -2.44. The molecule has 0 bridgehead atoms. The number of para-hydroxylation sites is 1. The molecule has 2 heterocycles. The standard InChI is InChI=1S/C52H39N4/c1-5-17-35(18-6-1)49-53-50(36-19-7-2-8-20-36)55-51(54-49)37-29-31-40(32-30-37)56-47-28-16-14-26-42(47)44-33-43-41-25-13-15-27-45(41)52(46(43)34-48(44)56,38-21-9-3-10-22-38)39-23-11-4-12-24-39/h1-34,49-51,54-55H/q-1. The zero-order valence-electron chi connectivity index (χ0n) is 30.8. The van der Waals surface area contributed by atoms with Crippen molar-refractivity contribution in [3.8, 4) is 16.8 Å². The van der Waals surface area contributed by atoms with Gasteiger partial charge in [-0.05, 0) is 69.3 Å². The summed E-state index contributed by atoms with van der Waals surface area (Å²) in [6.45, 7) is 0. The average Bonchev–Trinajstić information content (AvgIpc) is 3.76. The van der Waals surface area contributed by atoms with Gasteiger partial charge in [-0.3, -0.25) is 0 Å². The molecule has 0 amide bonds. The van der Waals surface area contributed by atoms with Crippen molar-refractivity contribution in [2.45, 2.75) is 23.9 Å². The predicted molar refractivity (Wildman–Crippen MR) is 229 cm³/mol. The Morgan fingerprint density at radius 1 is 0.411 bits per heavy atom. The van der Waals surface area contributed by atoms with E-state index >= 15 is 0 Å². The molecule has 0 saturated carbocycles. The molecule has 56 heavy (non-hydrogen) atoms. The molecule has 2 atom stereocenters. The fourth-order valence-electron chi connectivity index (χ4n) is 9.42. The lowest BCUT2D eigenvalue weighted by Gasteiger charge is -2.50. The van der Waals surface area contributed by atoms with E-state index in [4.69, 9.17) is 5.32 Å². The molecule has 0 spiro atoms. The van der Waals surface area contributed by atoms with Crippen LogP contribution in [0.3, 0.4) is 0 Å². The lowest BCUT2D eigenvalue weighted by atomic mass is 9.67. The Morgan fingerprint density at radius 2 is 0.946 bits per heavy atom. The van der Waals surface area contributed by atoms with Crippen LogP contribution in [0.2, 0.25) is 0 Å². The summed E-state index contributed by atoms with van der Waals surface area (Å²) in [5.74, 6) is 0. The van der Waals surface area contributed by atoms with Crippen molar-refractivity contribution >= 4 is 21.8 Å². The van der Waals surface area contributed by atoms with Crippen LogP contribution in [0, 0.1) is 0 Å². The van der Waals surface area contributed by atoms with Gasteiger partial charge in [0.1, 0.15) is 0 Å². The minimum atomic E-state index is -0.470. The molecule has 1 saturated heterocycles. The number of fused-ring (bicyclic) bond motifs is 6. The number of nitrogens with zero attached hydrogens (tertiary/aromatic N) is 2. The van der Waals surface area contributed by atoms with E-state index in [0.29, 0.717) is 0 Å². The second kappa shape index (κ2) is 13.3. The second-order valence-electron chi connectivity index (χ2n) is 14.9.